The van der Waals surface area contributed by atoms with Crippen LogP contribution in [0.2, 0.25) is 0 Å². The SMILES string of the molecule is CCOC(=O)C12C(=O)Oc3ccccc3C1CC(=O)C1CCCCC12.CCOC(=O)C12C(=O)Oc3ccccc3C1CC1(OCC(C)(C)CO1)C1CCCCC12.PP(P)P(P(P)P)P(P(P(P)P)P(P)P)P(P(P)P)P(P)P.[V].[V].[V].[V].[V].[V].[V].[V]. The van der Waals surface area contributed by atoms with E-state index in [1.807, 2.05) is 30.3 Å². The first kappa shape index (κ1) is 98.1. The molecular formula is C45H78O11P22V8. The summed E-state index contributed by atoms with van der Waals surface area (Å²) < 4.78 is 35.4. The number of Topliss-reactive ketones (excluding diaryl/α,β-unsaturated/α-hetero) is 1. The van der Waals surface area contributed by atoms with Crippen molar-refractivity contribution in [1.29, 1.82) is 0 Å². The van der Waals surface area contributed by atoms with Crippen LogP contribution in [0.4, 0.5) is 0 Å². The normalized spacial score (nSPS) is 26.0. The Morgan fingerprint density at radius 2 is 0.849 bits per heavy atom. The van der Waals surface area contributed by atoms with E-state index in [1.54, 1.807) is 32.0 Å². The van der Waals surface area contributed by atoms with Gasteiger partial charge in [0, 0.05) is 196 Å². The van der Waals surface area contributed by atoms with E-state index in [0.717, 1.165) is 56.1 Å². The van der Waals surface area contributed by atoms with Crippen LogP contribution in [0.5, 0.6) is 11.5 Å². The molecule has 86 heavy (non-hydrogen) atoms. The van der Waals surface area contributed by atoms with Gasteiger partial charge in [0.05, 0.1) is 26.4 Å². The number of ether oxygens (including phenoxy) is 6. The van der Waals surface area contributed by atoms with Gasteiger partial charge in [0.25, 0.3) is 0 Å². The fraction of sp³-hybridized carbons (Fsp3) is 0.622. The maximum absolute atomic E-state index is 13.7. The first-order chi connectivity index (χ1) is 36.9. The summed E-state index contributed by atoms with van der Waals surface area (Å²) in [4.78, 5) is 66.3. The fourth-order valence-electron chi connectivity index (χ4n) is 12.7. The summed E-state index contributed by atoms with van der Waals surface area (Å²) in [5.41, 5.74) is -1.15. The zero-order valence-electron chi connectivity index (χ0n) is 48.0. The number of carbonyl (C=O) groups is 5. The van der Waals surface area contributed by atoms with E-state index in [1.165, 1.54) is 0 Å². The number of fused-ring (bicyclic) bond motifs is 11. The minimum absolute atomic E-state index is 0. The molecule has 474 valence electrons. The summed E-state index contributed by atoms with van der Waals surface area (Å²) in [5.74, 6) is -3.37. The molecule has 3 aliphatic heterocycles. The van der Waals surface area contributed by atoms with Gasteiger partial charge in [-0.1, -0.05) is 75.9 Å². The monoisotopic (exact) mass is 1880 g/mol. The Kier molecular flexibility index (Phi) is 51.1. The second-order valence-corrected chi connectivity index (χ2v) is 108. The summed E-state index contributed by atoms with van der Waals surface area (Å²) in [6.07, 6.45) is 7.58. The minimum Gasteiger partial charge on any atom is -0.465 e. The molecule has 3 heterocycles. The van der Waals surface area contributed by atoms with E-state index in [9.17, 15) is 24.0 Å². The Labute approximate surface area is 646 Å². The van der Waals surface area contributed by atoms with E-state index >= 15 is 0 Å². The number of hydrogen-bond donors (Lipinski definition) is 0. The second-order valence-electron chi connectivity index (χ2n) is 20.9. The van der Waals surface area contributed by atoms with Gasteiger partial charge >= 0.3 is 23.9 Å². The molecule has 20 atom stereocenters. The molecular weight excluding hydrogens is 1810 g/mol. The van der Waals surface area contributed by atoms with Crippen LogP contribution in [-0.2, 0) is 191 Å². The number of esters is 4. The van der Waals surface area contributed by atoms with Gasteiger partial charge in [-0.05, 0) is 139 Å². The fourth-order valence-corrected chi connectivity index (χ4v) is 285. The van der Waals surface area contributed by atoms with Crippen LogP contribution < -0.4 is 9.47 Å². The Hall–Kier alpha value is 10.0. The third-order valence-electron chi connectivity index (χ3n) is 15.7. The summed E-state index contributed by atoms with van der Waals surface area (Å²) in [6, 6.07) is 14.8. The van der Waals surface area contributed by atoms with Gasteiger partial charge < -0.3 is 28.4 Å². The molecule has 4 saturated carbocycles. The molecule has 2 aromatic rings. The van der Waals surface area contributed by atoms with Gasteiger partial charge in [-0.25, -0.2) is 0 Å². The number of carbonyl (C=O) groups excluding carboxylic acids is 5. The topological polar surface area (TPSA) is 141 Å². The molecule has 2 aromatic carbocycles. The van der Waals surface area contributed by atoms with Gasteiger partial charge in [-0.2, -0.15) is 0 Å². The van der Waals surface area contributed by atoms with Gasteiger partial charge in [0.1, 0.15) is 17.3 Å². The minimum atomic E-state index is -1.39. The van der Waals surface area contributed by atoms with E-state index in [4.69, 9.17) is 28.4 Å². The van der Waals surface area contributed by atoms with Crippen molar-refractivity contribution >= 4 is 207 Å². The average Bonchev–Trinajstić information content (AvgIpc) is 3.58. The van der Waals surface area contributed by atoms with E-state index in [-0.39, 0.29) is 273 Å². The predicted molar refractivity (Wildman–Crippen MR) is 387 cm³/mol. The van der Waals surface area contributed by atoms with Crippen LogP contribution >= 0.6 is 177 Å². The van der Waals surface area contributed by atoms with Crippen molar-refractivity contribution in [3.05, 3.63) is 59.7 Å². The van der Waals surface area contributed by atoms with E-state index in [2.05, 4.69) is 121 Å². The first-order valence-electron chi connectivity index (χ1n) is 25.6. The van der Waals surface area contributed by atoms with E-state index < -0.39 is 52.3 Å². The molecule has 11 nitrogen and oxygen atoms in total. The van der Waals surface area contributed by atoms with Crippen molar-refractivity contribution in [3.8, 4) is 11.5 Å². The largest absolute Gasteiger partial charge is 0.465 e. The van der Waals surface area contributed by atoms with Crippen molar-refractivity contribution in [2.75, 3.05) is 26.4 Å². The second kappa shape index (κ2) is 44.8. The molecule has 20 unspecified atom stereocenters. The smallest absolute Gasteiger partial charge is 0.329 e. The van der Waals surface area contributed by atoms with Gasteiger partial charge in [0.15, 0.2) is 16.6 Å². The van der Waals surface area contributed by atoms with Crippen molar-refractivity contribution in [3.63, 3.8) is 0 Å². The molecule has 41 heteroatoms. The van der Waals surface area contributed by atoms with Crippen LogP contribution in [0.25, 0.3) is 0 Å². The molecule has 0 N–H and O–H groups in total. The van der Waals surface area contributed by atoms with Crippen molar-refractivity contribution < 1.29 is 201 Å². The zero-order chi connectivity index (χ0) is 57.2. The summed E-state index contributed by atoms with van der Waals surface area (Å²) in [6.45, 7) is 9.92. The number of benzene rings is 2. The number of rotatable bonds is 13. The molecule has 1 spiro atoms. The van der Waals surface area contributed by atoms with Crippen molar-refractivity contribution in [1.82, 2.24) is 0 Å². The molecule has 8 radical (unpaired) electrons. The zero-order valence-corrected chi connectivity index (χ0v) is 81.9. The first-order valence-corrected chi connectivity index (χ1v) is 64.8. The van der Waals surface area contributed by atoms with Crippen molar-refractivity contribution in [2.24, 2.45) is 39.9 Å². The molecule has 4 aliphatic carbocycles. The third-order valence-corrected chi connectivity index (χ3v) is 153. The number of ketones is 1. The molecule has 0 amide bonds. The summed E-state index contributed by atoms with van der Waals surface area (Å²) in [5, 5.41) is 0. The van der Waals surface area contributed by atoms with Crippen LogP contribution in [-0.4, -0.2) is 61.9 Å². The van der Waals surface area contributed by atoms with Crippen LogP contribution in [0.1, 0.15) is 115 Å². The van der Waals surface area contributed by atoms with Crippen LogP contribution in [0.15, 0.2) is 48.5 Å². The Morgan fingerprint density at radius 1 is 0.500 bits per heavy atom. The number of para-hydroxylation sites is 2. The third kappa shape index (κ3) is 21.8. The van der Waals surface area contributed by atoms with Crippen LogP contribution in [0.3, 0.4) is 0 Å². The molecule has 1 saturated heterocycles. The standard InChI is InChI=1S/C25H32O6.C20H22O5.H24P22.8V/c1-4-28-21(26)25-18-11-7-6-10-17(18)24(29-14-23(2,3)15-30-24)13-19(25)16-9-5-8-12-20(16)31-22(25)27;1-2-24-18(22)20-14-9-5-3-7-12(14)16(21)11-15(20)13-8-4-6-10-17(13)25-19(20)23;1-13(2)19(14(3)4)22(20(15(5)6)16(7)8)21(17(9)10)18(11)12;;;;;;;;/h5,8-9,12,17-19H,4,6-7,10-11,13-15H2,1-3H3;4,6,8,10,12,14-15H,2-3,5,7,9,11H2,1H3;1-12H2;;;;;;;;. The van der Waals surface area contributed by atoms with Gasteiger partial charge in [-0.15, -0.1) is 107 Å². The molecule has 0 aromatic heterocycles. The van der Waals surface area contributed by atoms with E-state index in [0.29, 0.717) is 37.6 Å². The molecule has 5 fully saturated rings. The average molecular weight is 1880 g/mol. The van der Waals surface area contributed by atoms with Crippen molar-refractivity contribution in [2.45, 2.75) is 110 Å². The quantitative estimate of drug-likeness (QED) is 0.0819. The Bertz CT molecular complexity index is 2430. The van der Waals surface area contributed by atoms with Crippen LogP contribution in [0, 0.1) is 39.9 Å². The Morgan fingerprint density at radius 3 is 1.24 bits per heavy atom. The summed E-state index contributed by atoms with van der Waals surface area (Å²) >= 11 is 0. The maximum Gasteiger partial charge on any atom is 0.329 e. The maximum atomic E-state index is 13.7. The Balaban J connectivity index is 0. The van der Waals surface area contributed by atoms with Gasteiger partial charge in [-0.3, -0.25) is 24.0 Å². The predicted octanol–water partition coefficient (Wildman–Crippen LogP) is 19.7. The molecule has 7 aliphatic rings. The molecule has 0 bridgehead atoms. The molecule has 9 rings (SSSR count). The number of hydrogen-bond acceptors (Lipinski definition) is 11. The summed E-state index contributed by atoms with van der Waals surface area (Å²) in [7, 11) is 38.2. The van der Waals surface area contributed by atoms with Gasteiger partial charge in [0.2, 0.25) is 0 Å².